The maximum absolute atomic E-state index is 14.9. The van der Waals surface area contributed by atoms with E-state index in [0.717, 1.165) is 12.1 Å². The summed E-state index contributed by atoms with van der Waals surface area (Å²) in [4.78, 5) is 45.2. The molecule has 3 aromatic rings. The number of piperidine rings is 1. The first kappa shape index (κ1) is 17.0. The molecule has 14 heteroatoms. The molecule has 1 aromatic carbocycles. The van der Waals surface area contributed by atoms with Crippen LogP contribution in [0.2, 0.25) is 0 Å². The zero-order valence-corrected chi connectivity index (χ0v) is 20.1. The Morgan fingerprint density at radius 1 is 1.18 bits per heavy atom. The Labute approximate surface area is 240 Å². The minimum Gasteiger partial charge on any atom is -0.331 e. The SMILES string of the molecule is [2H]C1([2H])C(n2c(=O)[nH]c3ncccc32)C([2H])([2H])C([2H])([2H])N(C(=O)N[C@@H]2CC[C@@]([2H])(c3cccc(F)c3F)CN(C([2H])([2H])C(F)(F)F)C2=O)C1([2H])[2H]. The van der Waals surface area contributed by atoms with Gasteiger partial charge < -0.3 is 15.1 Å². The van der Waals surface area contributed by atoms with Gasteiger partial charge in [-0.15, -0.1) is 0 Å². The van der Waals surface area contributed by atoms with Crippen molar-refractivity contribution in [1.29, 1.82) is 0 Å². The molecule has 2 N–H and O–H groups in total. The van der Waals surface area contributed by atoms with E-state index in [9.17, 15) is 36.3 Å². The number of fused-ring (bicyclic) bond motifs is 1. The summed E-state index contributed by atoms with van der Waals surface area (Å²) in [5.41, 5.74) is -2.55. The molecule has 2 aliphatic rings. The number of alkyl halides is 3. The van der Waals surface area contributed by atoms with Crippen molar-refractivity contribution < 1.29 is 46.6 Å². The number of halogens is 5. The van der Waals surface area contributed by atoms with Crippen LogP contribution in [0.15, 0.2) is 41.3 Å². The molecule has 9 nitrogen and oxygen atoms in total. The van der Waals surface area contributed by atoms with Gasteiger partial charge in [0.05, 0.1) is 8.26 Å². The molecule has 0 unspecified atom stereocenters. The number of rotatable bonds is 4. The number of likely N-dealkylation sites (tertiary alicyclic amines) is 2. The number of aromatic nitrogens is 3. The number of pyridine rings is 1. The number of imidazole rings is 1. The molecular weight excluding hydrogens is 539 g/mol. The molecule has 2 atom stereocenters. The predicted octanol–water partition coefficient (Wildman–Crippen LogP) is 3.69. The molecule has 0 radical (unpaired) electrons. The van der Waals surface area contributed by atoms with E-state index < -0.39 is 120 Å². The largest absolute Gasteiger partial charge is 0.406 e. The predicted molar refractivity (Wildman–Crippen MR) is 133 cm³/mol. The van der Waals surface area contributed by atoms with Crippen molar-refractivity contribution in [3.63, 3.8) is 0 Å². The van der Waals surface area contributed by atoms with Crippen LogP contribution in [0.3, 0.4) is 0 Å². The Morgan fingerprint density at radius 3 is 2.65 bits per heavy atom. The van der Waals surface area contributed by atoms with E-state index in [2.05, 4.69) is 9.97 Å². The van der Waals surface area contributed by atoms with E-state index in [1.165, 1.54) is 18.3 Å². The van der Waals surface area contributed by atoms with Gasteiger partial charge in [0.1, 0.15) is 12.5 Å². The molecule has 0 aliphatic carbocycles. The molecule has 0 bridgehead atoms. The summed E-state index contributed by atoms with van der Waals surface area (Å²) in [5.74, 6) is -7.80. The number of hydrogen-bond acceptors (Lipinski definition) is 4. The highest BCUT2D eigenvalue weighted by Gasteiger charge is 2.40. The minimum atomic E-state index is -5.86. The van der Waals surface area contributed by atoms with Gasteiger partial charge in [-0.2, -0.15) is 13.2 Å². The number of urea groups is 1. The molecule has 2 saturated heterocycles. The summed E-state index contributed by atoms with van der Waals surface area (Å²) >= 11 is 0. The fraction of sp³-hybridized carbons (Fsp3) is 0.462. The number of H-pyrrole nitrogens is 1. The average Bonchev–Trinajstić information content (AvgIpc) is 3.25. The summed E-state index contributed by atoms with van der Waals surface area (Å²) in [6.07, 6.45) is -13.8. The highest BCUT2D eigenvalue weighted by Crippen LogP contribution is 2.32. The Morgan fingerprint density at radius 2 is 1.93 bits per heavy atom. The van der Waals surface area contributed by atoms with Crippen LogP contribution in [-0.2, 0) is 4.79 Å². The molecule has 2 aromatic heterocycles. The van der Waals surface area contributed by atoms with Gasteiger partial charge in [0.2, 0.25) is 5.91 Å². The van der Waals surface area contributed by atoms with Crippen molar-refractivity contribution in [2.24, 2.45) is 0 Å². The topological polar surface area (TPSA) is 103 Å². The number of amides is 3. The van der Waals surface area contributed by atoms with Crippen molar-refractivity contribution in [2.75, 3.05) is 26.0 Å². The van der Waals surface area contributed by atoms with Crippen LogP contribution in [0, 0.1) is 11.6 Å². The van der Waals surface area contributed by atoms with Crippen LogP contribution >= 0.6 is 0 Å². The second kappa shape index (κ2) is 10.9. The standard InChI is InChI=1S/C26H27F5N6O3/c27-18-4-1-3-17(21(18)28)15-6-7-19(23(38)36(13-15)14-26(29,30)31)33-24(39)35-11-8-16(9-12-35)37-20-5-2-10-32-22(20)34-25(37)40/h1-5,10,15-16,19H,6-9,11-14H2,(H,33,39)(H,32,34,40)/t15-,19-/m1/s1/i8D2,9D2,11D2,12D2,14D2,15D. The van der Waals surface area contributed by atoms with Gasteiger partial charge in [0, 0.05) is 50.0 Å². The molecule has 214 valence electrons. The van der Waals surface area contributed by atoms with E-state index >= 15 is 0 Å². The maximum Gasteiger partial charge on any atom is 0.406 e. The first-order chi connectivity index (χ1) is 23.2. The van der Waals surface area contributed by atoms with Gasteiger partial charge in [-0.25, -0.2) is 23.4 Å². The maximum atomic E-state index is 14.9. The van der Waals surface area contributed by atoms with Crippen LogP contribution in [0.5, 0.6) is 0 Å². The van der Waals surface area contributed by atoms with Crippen LogP contribution in [0.1, 0.15) is 58.2 Å². The molecule has 5 rings (SSSR count). The number of nitrogens with zero attached hydrogens (tertiary/aromatic N) is 4. The summed E-state index contributed by atoms with van der Waals surface area (Å²) in [6, 6.07) is -2.28. The lowest BCUT2D eigenvalue weighted by Gasteiger charge is -2.34. The third-order valence-electron chi connectivity index (χ3n) is 6.12. The third kappa shape index (κ3) is 5.65. The molecule has 3 amide bonds. The molecule has 2 fully saturated rings. The van der Waals surface area contributed by atoms with Crippen molar-refractivity contribution in [1.82, 2.24) is 29.7 Å². The van der Waals surface area contributed by atoms with Gasteiger partial charge in [-0.05, 0) is 49.4 Å². The highest BCUT2D eigenvalue weighted by molar-refractivity contribution is 5.87. The van der Waals surface area contributed by atoms with Crippen LogP contribution in [0.25, 0.3) is 11.2 Å². The first-order valence-corrected chi connectivity index (χ1v) is 11.6. The summed E-state index contributed by atoms with van der Waals surface area (Å²) in [6.45, 7) is -14.0. The lowest BCUT2D eigenvalue weighted by Crippen LogP contribution is -2.54. The number of nitrogens with one attached hydrogen (secondary N) is 2. The first-order valence-electron chi connectivity index (χ1n) is 17.1. The van der Waals surface area contributed by atoms with Crippen molar-refractivity contribution in [2.45, 2.75) is 49.7 Å². The van der Waals surface area contributed by atoms with E-state index in [1.807, 2.05) is 0 Å². The van der Waals surface area contributed by atoms with E-state index in [0.29, 0.717) is 10.6 Å². The summed E-state index contributed by atoms with van der Waals surface area (Å²) in [5, 5.41) is 1.74. The average molecular weight is 578 g/mol. The van der Waals surface area contributed by atoms with E-state index in [-0.39, 0.29) is 11.2 Å². The van der Waals surface area contributed by atoms with Crippen LogP contribution in [0.4, 0.5) is 26.7 Å². The van der Waals surface area contributed by atoms with Gasteiger partial charge in [-0.1, -0.05) is 12.1 Å². The van der Waals surface area contributed by atoms with Crippen molar-refractivity contribution in [3.05, 3.63) is 64.2 Å². The lowest BCUT2D eigenvalue weighted by molar-refractivity contribution is -0.162. The zero-order valence-electron chi connectivity index (χ0n) is 31.1. The second-order valence-corrected chi connectivity index (χ2v) is 8.70. The highest BCUT2D eigenvalue weighted by atomic mass is 19.4. The molecule has 0 spiro atoms. The second-order valence-electron chi connectivity index (χ2n) is 8.70. The molecule has 2 aliphatic heterocycles. The number of hydrogen-bond donors (Lipinski definition) is 2. The van der Waals surface area contributed by atoms with Crippen LogP contribution < -0.4 is 11.0 Å². The number of benzene rings is 1. The minimum absolute atomic E-state index is 0.200. The number of carbonyl (C=O) groups excluding carboxylic acids is 2. The fourth-order valence-corrected chi connectivity index (χ4v) is 4.33. The molecule has 4 heterocycles. The summed E-state index contributed by atoms with van der Waals surface area (Å²) < 4.78 is 165. The normalized spacial score (nSPS) is 32.4. The Hall–Kier alpha value is -3.97. The summed E-state index contributed by atoms with van der Waals surface area (Å²) in [7, 11) is 0. The quantitative estimate of drug-likeness (QED) is 0.462. The van der Waals surface area contributed by atoms with Gasteiger partial charge >= 0.3 is 17.9 Å². The van der Waals surface area contributed by atoms with Gasteiger partial charge in [0.15, 0.2) is 17.3 Å². The van der Waals surface area contributed by atoms with E-state index in [4.69, 9.17) is 15.1 Å². The fourth-order valence-electron chi connectivity index (χ4n) is 4.33. The lowest BCUT2D eigenvalue weighted by atomic mass is 9.93. The Kier molecular flexibility index (Phi) is 4.62. The zero-order chi connectivity index (χ0) is 38.5. The van der Waals surface area contributed by atoms with Gasteiger partial charge in [0.25, 0.3) is 0 Å². The molecule has 0 saturated carbocycles. The third-order valence-corrected chi connectivity index (χ3v) is 6.12. The number of aromatic amines is 1. The Bertz CT molecular complexity index is 1930. The van der Waals surface area contributed by atoms with Crippen molar-refractivity contribution in [3.8, 4) is 0 Å². The number of carbonyl (C=O) groups is 2. The van der Waals surface area contributed by atoms with Crippen molar-refractivity contribution >= 4 is 23.1 Å². The van der Waals surface area contributed by atoms with Gasteiger partial charge in [-0.3, -0.25) is 14.3 Å². The van der Waals surface area contributed by atoms with Crippen LogP contribution in [-0.4, -0.2) is 74.5 Å². The smallest absolute Gasteiger partial charge is 0.331 e. The van der Waals surface area contributed by atoms with E-state index in [1.54, 1.807) is 5.32 Å². The Balaban J connectivity index is 1.58. The molecular formula is C26H27F5N6O3. The molecule has 40 heavy (non-hydrogen) atoms. The monoisotopic (exact) mass is 577 g/mol.